The van der Waals surface area contributed by atoms with Crippen LogP contribution in [0.5, 0.6) is 0 Å². The molecular weight excluding hydrogens is 302 g/mol. The Kier molecular flexibility index (Phi) is 4.08. The maximum atomic E-state index is 6.27. The number of halogens is 1. The van der Waals surface area contributed by atoms with Gasteiger partial charge >= 0.3 is 0 Å². The van der Waals surface area contributed by atoms with Crippen molar-refractivity contribution in [2.24, 2.45) is 0 Å². The van der Waals surface area contributed by atoms with Gasteiger partial charge in [-0.05, 0) is 30.4 Å². The smallest absolute Gasteiger partial charge is 0.162 e. The fourth-order valence-corrected chi connectivity index (χ4v) is 3.16. The zero-order valence-corrected chi connectivity index (χ0v) is 13.4. The second-order valence-corrected chi connectivity index (χ2v) is 6.31. The summed E-state index contributed by atoms with van der Waals surface area (Å²) in [5.74, 6) is 1.65. The fraction of sp³-hybridized carbons (Fsp3) is 0.188. The van der Waals surface area contributed by atoms with Gasteiger partial charge in [-0.3, -0.25) is 4.98 Å². The lowest BCUT2D eigenvalue weighted by Gasteiger charge is -2.08. The first-order valence-electron chi connectivity index (χ1n) is 6.71. The number of hydrogen-bond acceptors (Lipinski definition) is 4. The van der Waals surface area contributed by atoms with Crippen LogP contribution in [0.3, 0.4) is 0 Å². The molecule has 3 rings (SSSR count). The average Bonchev–Trinajstić information content (AvgIpc) is 2.47. The Morgan fingerprint density at radius 3 is 2.81 bits per heavy atom. The minimum Gasteiger partial charge on any atom is -0.251 e. The summed E-state index contributed by atoms with van der Waals surface area (Å²) in [5, 5.41) is 0.395. The van der Waals surface area contributed by atoms with Crippen LogP contribution in [-0.4, -0.2) is 20.7 Å². The Labute approximate surface area is 132 Å². The van der Waals surface area contributed by atoms with Crippen molar-refractivity contribution in [3.8, 4) is 11.4 Å². The number of rotatable bonds is 3. The summed E-state index contributed by atoms with van der Waals surface area (Å²) < 4.78 is 0. The van der Waals surface area contributed by atoms with E-state index in [1.165, 1.54) is 0 Å². The van der Waals surface area contributed by atoms with Crippen molar-refractivity contribution in [3.05, 3.63) is 47.2 Å². The molecule has 2 heterocycles. The lowest BCUT2D eigenvalue weighted by molar-refractivity contribution is 1.18. The summed E-state index contributed by atoms with van der Waals surface area (Å²) in [6, 6.07) is 10.1. The number of thioether (sulfide) groups is 1. The van der Waals surface area contributed by atoms with Gasteiger partial charge in [0.2, 0.25) is 0 Å². The zero-order valence-electron chi connectivity index (χ0n) is 11.8. The van der Waals surface area contributed by atoms with Crippen LogP contribution in [0.1, 0.15) is 12.5 Å². The molecule has 0 N–H and O–H groups in total. The maximum absolute atomic E-state index is 6.27. The third kappa shape index (κ3) is 2.87. The largest absolute Gasteiger partial charge is 0.251 e. The third-order valence-corrected chi connectivity index (χ3v) is 4.28. The second-order valence-electron chi connectivity index (χ2n) is 4.65. The van der Waals surface area contributed by atoms with Gasteiger partial charge in [0.05, 0.1) is 5.52 Å². The van der Waals surface area contributed by atoms with Crippen molar-refractivity contribution >= 4 is 34.4 Å². The first kappa shape index (κ1) is 14.3. The van der Waals surface area contributed by atoms with Crippen molar-refractivity contribution in [1.29, 1.82) is 0 Å². The highest BCUT2D eigenvalue weighted by molar-refractivity contribution is 7.99. The number of benzene rings is 1. The summed E-state index contributed by atoms with van der Waals surface area (Å²) in [6.07, 6.45) is 1.78. The van der Waals surface area contributed by atoms with Crippen LogP contribution >= 0.6 is 23.4 Å². The van der Waals surface area contributed by atoms with Crippen LogP contribution in [0.25, 0.3) is 22.4 Å². The Morgan fingerprint density at radius 2 is 2.00 bits per heavy atom. The van der Waals surface area contributed by atoms with E-state index < -0.39 is 0 Å². The summed E-state index contributed by atoms with van der Waals surface area (Å²) >= 11 is 8.05. The highest BCUT2D eigenvalue weighted by Crippen LogP contribution is 2.31. The highest BCUT2D eigenvalue weighted by Gasteiger charge is 2.12. The van der Waals surface area contributed by atoms with E-state index >= 15 is 0 Å². The van der Waals surface area contributed by atoms with Crippen LogP contribution in [0, 0.1) is 6.92 Å². The Balaban J connectivity index is 2.21. The number of aromatic nitrogens is 3. The van der Waals surface area contributed by atoms with E-state index in [0.29, 0.717) is 16.5 Å². The molecule has 0 aliphatic rings. The first-order chi connectivity index (χ1) is 10.2. The molecule has 0 spiro atoms. The number of nitrogens with zero attached hydrogens (tertiary/aromatic N) is 3. The lowest BCUT2D eigenvalue weighted by Crippen LogP contribution is -1.95. The second kappa shape index (κ2) is 6.00. The molecule has 0 radical (unpaired) electrons. The quantitative estimate of drug-likeness (QED) is 0.515. The van der Waals surface area contributed by atoms with Crippen LogP contribution in [0.4, 0.5) is 0 Å². The van der Waals surface area contributed by atoms with Gasteiger partial charge in [0.15, 0.2) is 11.0 Å². The lowest BCUT2D eigenvalue weighted by atomic mass is 10.2. The van der Waals surface area contributed by atoms with E-state index in [2.05, 4.69) is 27.9 Å². The van der Waals surface area contributed by atoms with Crippen molar-refractivity contribution < 1.29 is 0 Å². The molecule has 3 aromatic rings. The standard InChI is InChI=1S/C16H14ClN3S/c1-3-21-13-7-5-4-6-11(13)16-19-12-8-10(2)9-18-14(12)15(17)20-16/h4-9H,3H2,1-2H3. The molecule has 106 valence electrons. The van der Waals surface area contributed by atoms with Gasteiger partial charge in [-0.25, -0.2) is 9.97 Å². The van der Waals surface area contributed by atoms with E-state index in [1.54, 1.807) is 18.0 Å². The molecule has 0 saturated carbocycles. The molecule has 5 heteroatoms. The predicted octanol–water partition coefficient (Wildman–Crippen LogP) is 4.77. The molecule has 0 amide bonds. The van der Waals surface area contributed by atoms with Crippen LogP contribution in [0.15, 0.2) is 41.4 Å². The van der Waals surface area contributed by atoms with Gasteiger partial charge in [0.25, 0.3) is 0 Å². The van der Waals surface area contributed by atoms with Crippen molar-refractivity contribution in [3.63, 3.8) is 0 Å². The first-order valence-corrected chi connectivity index (χ1v) is 8.07. The van der Waals surface area contributed by atoms with Gasteiger partial charge in [-0.15, -0.1) is 11.8 Å². The van der Waals surface area contributed by atoms with Gasteiger partial charge in [0.1, 0.15) is 5.52 Å². The summed E-state index contributed by atoms with van der Waals surface area (Å²) in [5.41, 5.74) is 3.49. The van der Waals surface area contributed by atoms with E-state index in [1.807, 2.05) is 31.2 Å². The number of aryl methyl sites for hydroxylation is 1. The van der Waals surface area contributed by atoms with Crippen molar-refractivity contribution in [2.75, 3.05) is 5.75 Å². The third-order valence-electron chi connectivity index (χ3n) is 3.06. The van der Waals surface area contributed by atoms with Gasteiger partial charge in [-0.1, -0.05) is 36.7 Å². The molecule has 1 aromatic carbocycles. The molecule has 0 unspecified atom stereocenters. The van der Waals surface area contributed by atoms with Crippen molar-refractivity contribution in [2.45, 2.75) is 18.7 Å². The van der Waals surface area contributed by atoms with E-state index in [-0.39, 0.29) is 0 Å². The summed E-state index contributed by atoms with van der Waals surface area (Å²) in [6.45, 7) is 4.12. The van der Waals surface area contributed by atoms with Crippen LogP contribution < -0.4 is 0 Å². The predicted molar refractivity (Wildman–Crippen MR) is 88.9 cm³/mol. The monoisotopic (exact) mass is 315 g/mol. The zero-order chi connectivity index (χ0) is 14.8. The summed E-state index contributed by atoms with van der Waals surface area (Å²) in [4.78, 5) is 14.5. The molecular formula is C16H14ClN3S. The molecule has 0 aliphatic carbocycles. The Bertz CT molecular complexity index is 805. The minimum atomic E-state index is 0.395. The molecule has 0 atom stereocenters. The SMILES string of the molecule is CCSc1ccccc1-c1nc(Cl)c2ncc(C)cc2n1. The number of pyridine rings is 1. The van der Waals surface area contributed by atoms with Crippen LogP contribution in [-0.2, 0) is 0 Å². The normalized spacial score (nSPS) is 11.0. The molecule has 0 bridgehead atoms. The minimum absolute atomic E-state index is 0.395. The Hall–Kier alpha value is -1.65. The van der Waals surface area contributed by atoms with Gasteiger partial charge in [-0.2, -0.15) is 0 Å². The van der Waals surface area contributed by atoms with E-state index in [9.17, 15) is 0 Å². The highest BCUT2D eigenvalue weighted by atomic mass is 35.5. The van der Waals surface area contributed by atoms with Crippen LogP contribution in [0.2, 0.25) is 5.15 Å². The Morgan fingerprint density at radius 1 is 1.19 bits per heavy atom. The average molecular weight is 316 g/mol. The fourth-order valence-electron chi connectivity index (χ4n) is 2.14. The molecule has 0 fully saturated rings. The molecule has 3 nitrogen and oxygen atoms in total. The molecule has 21 heavy (non-hydrogen) atoms. The van der Waals surface area contributed by atoms with Gasteiger partial charge in [0, 0.05) is 16.7 Å². The summed E-state index contributed by atoms with van der Waals surface area (Å²) in [7, 11) is 0. The van der Waals surface area contributed by atoms with E-state index in [0.717, 1.165) is 27.3 Å². The molecule has 2 aromatic heterocycles. The molecule has 0 saturated heterocycles. The maximum Gasteiger partial charge on any atom is 0.162 e. The van der Waals surface area contributed by atoms with Crippen molar-refractivity contribution in [1.82, 2.24) is 15.0 Å². The number of hydrogen-bond donors (Lipinski definition) is 0. The van der Waals surface area contributed by atoms with Gasteiger partial charge < -0.3 is 0 Å². The van der Waals surface area contributed by atoms with E-state index in [4.69, 9.17) is 11.6 Å². The number of fused-ring (bicyclic) bond motifs is 1. The topological polar surface area (TPSA) is 38.7 Å². The molecule has 0 aliphatic heterocycles.